The predicted octanol–water partition coefficient (Wildman–Crippen LogP) is 3.12. The molecule has 0 unspecified atom stereocenters. The van der Waals surface area contributed by atoms with Gasteiger partial charge in [0.2, 0.25) is 0 Å². The number of halogens is 1. The summed E-state index contributed by atoms with van der Waals surface area (Å²) in [6.07, 6.45) is -0.368. The first kappa shape index (κ1) is 28.6. The number of fused-ring (bicyclic) bond motifs is 7. The van der Waals surface area contributed by atoms with E-state index in [1.807, 2.05) is 37.3 Å². The van der Waals surface area contributed by atoms with Gasteiger partial charge in [-0.05, 0) is 42.8 Å². The van der Waals surface area contributed by atoms with Gasteiger partial charge in [-0.1, -0.05) is 28.9 Å². The highest BCUT2D eigenvalue weighted by Crippen LogP contribution is 2.32. The monoisotopic (exact) mass is 606 g/mol. The minimum Gasteiger partial charge on any atom is -0.493 e. The van der Waals surface area contributed by atoms with Crippen LogP contribution >= 0.6 is 11.6 Å². The highest BCUT2D eigenvalue weighted by molar-refractivity contribution is 6.30. The third-order valence-corrected chi connectivity index (χ3v) is 7.94. The summed E-state index contributed by atoms with van der Waals surface area (Å²) >= 11 is 6.69. The van der Waals surface area contributed by atoms with E-state index in [4.69, 9.17) is 30.3 Å². The Hall–Kier alpha value is -4.55. The molecule has 0 spiro atoms. The summed E-state index contributed by atoms with van der Waals surface area (Å²) < 4.78 is 24.4. The van der Waals surface area contributed by atoms with Crippen LogP contribution in [-0.2, 0) is 24.9 Å². The van der Waals surface area contributed by atoms with Crippen molar-refractivity contribution in [3.05, 3.63) is 76.1 Å². The maximum atomic E-state index is 13.5. The van der Waals surface area contributed by atoms with Gasteiger partial charge in [-0.3, -0.25) is 19.2 Å². The van der Waals surface area contributed by atoms with Crippen molar-refractivity contribution in [3.8, 4) is 28.6 Å². The minimum atomic E-state index is -0.368. The van der Waals surface area contributed by atoms with Gasteiger partial charge in [0, 0.05) is 50.4 Å². The molecule has 2 aromatic heterocycles. The highest BCUT2D eigenvalue weighted by atomic mass is 35.5. The first-order valence-corrected chi connectivity index (χ1v) is 14.2. The van der Waals surface area contributed by atoms with Crippen LogP contribution in [0.5, 0.6) is 17.2 Å². The van der Waals surface area contributed by atoms with Crippen LogP contribution in [-0.4, -0.2) is 70.6 Å². The standard InChI is InChI=1S/C30H31ClN6O6/c1-17-10-22(35-43-17)28-21(29(31)36(2)34-28)13-37-14-23-26(15-37)42-20-7-4-18(5-8-20)12-32-27(38)16-41-25-11-19(30(39)33-23)6-9-24(25)40-3/h4-11,23,26H,12-16H2,1-3H3,(H,32,38)(H,33,39)/t23-,26-/m0/s1. The second-order valence-corrected chi connectivity index (χ2v) is 10.9. The van der Waals surface area contributed by atoms with Gasteiger partial charge in [-0.25, -0.2) is 0 Å². The van der Waals surface area contributed by atoms with Gasteiger partial charge in [0.25, 0.3) is 11.8 Å². The number of carbonyl (C=O) groups is 2. The number of nitrogens with zero attached hydrogens (tertiary/aromatic N) is 4. The first-order chi connectivity index (χ1) is 20.8. The van der Waals surface area contributed by atoms with E-state index in [1.165, 1.54) is 7.11 Å². The van der Waals surface area contributed by atoms with Gasteiger partial charge >= 0.3 is 0 Å². The maximum absolute atomic E-state index is 13.5. The minimum absolute atomic E-state index is 0.227. The van der Waals surface area contributed by atoms with Crippen molar-refractivity contribution in [2.75, 3.05) is 26.8 Å². The van der Waals surface area contributed by atoms with E-state index in [1.54, 1.807) is 29.9 Å². The number of benzene rings is 2. The maximum Gasteiger partial charge on any atom is 0.258 e. The Morgan fingerprint density at radius 3 is 2.67 bits per heavy atom. The van der Waals surface area contributed by atoms with Crippen LogP contribution in [0.4, 0.5) is 0 Å². The summed E-state index contributed by atoms with van der Waals surface area (Å²) in [7, 11) is 3.28. The van der Waals surface area contributed by atoms with Crippen molar-refractivity contribution in [2.45, 2.75) is 32.2 Å². The van der Waals surface area contributed by atoms with Crippen LogP contribution in [0.1, 0.15) is 27.2 Å². The molecule has 4 bridgehead atoms. The average molecular weight is 607 g/mol. The lowest BCUT2D eigenvalue weighted by atomic mass is 10.1. The smallest absolute Gasteiger partial charge is 0.258 e. The zero-order chi connectivity index (χ0) is 30.1. The molecular formula is C30H31ClN6O6. The lowest BCUT2D eigenvalue weighted by Crippen LogP contribution is -2.45. The average Bonchev–Trinajstić information content (AvgIpc) is 3.68. The Balaban J connectivity index is 1.29. The molecule has 12 nitrogen and oxygen atoms in total. The number of aromatic nitrogens is 3. The number of rotatable bonds is 4. The van der Waals surface area contributed by atoms with Crippen LogP contribution in [0.25, 0.3) is 11.4 Å². The molecule has 43 heavy (non-hydrogen) atoms. The number of likely N-dealkylation sites (tertiary alicyclic amines) is 1. The highest BCUT2D eigenvalue weighted by Gasteiger charge is 2.37. The third kappa shape index (κ3) is 6.15. The number of carbonyl (C=O) groups excluding carboxylic acids is 2. The Kier molecular flexibility index (Phi) is 7.96. The molecule has 3 aliphatic rings. The molecule has 0 radical (unpaired) electrons. The summed E-state index contributed by atoms with van der Waals surface area (Å²) in [6.45, 7) is 3.40. The molecule has 2 atom stereocenters. The SMILES string of the molecule is COc1ccc2cc1OCC(=O)NCc1ccc(cc1)O[C@H]1CN(Cc3c(-c4cc(C)on4)nn(C)c3Cl)C[C@@H]1NC2=O. The van der Waals surface area contributed by atoms with E-state index < -0.39 is 0 Å². The summed E-state index contributed by atoms with van der Waals surface area (Å²) in [6, 6.07) is 13.8. The lowest BCUT2D eigenvalue weighted by Gasteiger charge is -2.21. The van der Waals surface area contributed by atoms with Crippen molar-refractivity contribution in [1.29, 1.82) is 0 Å². The Morgan fingerprint density at radius 1 is 1.12 bits per heavy atom. The molecule has 224 valence electrons. The topological polar surface area (TPSA) is 133 Å². The molecule has 2 N–H and O–H groups in total. The number of hydrogen-bond acceptors (Lipinski definition) is 9. The summed E-state index contributed by atoms with van der Waals surface area (Å²) in [5.74, 6) is 1.42. The Morgan fingerprint density at radius 2 is 1.93 bits per heavy atom. The number of nitrogens with one attached hydrogen (secondary N) is 2. The van der Waals surface area contributed by atoms with Crippen LogP contribution in [0, 0.1) is 6.92 Å². The fraction of sp³-hybridized carbons (Fsp3) is 0.333. The largest absolute Gasteiger partial charge is 0.493 e. The van der Waals surface area contributed by atoms with E-state index in [2.05, 4.69) is 25.8 Å². The van der Waals surface area contributed by atoms with Crippen LogP contribution in [0.2, 0.25) is 5.15 Å². The van der Waals surface area contributed by atoms with Gasteiger partial charge in [-0.15, -0.1) is 0 Å². The van der Waals surface area contributed by atoms with Crippen molar-refractivity contribution >= 4 is 23.4 Å². The summed E-state index contributed by atoms with van der Waals surface area (Å²) in [5, 5.41) is 15.2. The number of amides is 2. The first-order valence-electron chi connectivity index (χ1n) is 13.8. The molecule has 0 aliphatic carbocycles. The number of hydrogen-bond donors (Lipinski definition) is 2. The van der Waals surface area contributed by atoms with E-state index in [0.717, 1.165) is 11.1 Å². The van der Waals surface area contributed by atoms with Crippen molar-refractivity contribution in [1.82, 2.24) is 30.5 Å². The molecule has 1 saturated heterocycles. The zero-order valence-corrected chi connectivity index (χ0v) is 24.7. The molecule has 4 aromatic rings. The van der Waals surface area contributed by atoms with Crippen molar-refractivity contribution in [3.63, 3.8) is 0 Å². The van der Waals surface area contributed by atoms with Gasteiger partial charge in [-0.2, -0.15) is 5.10 Å². The molecule has 0 saturated carbocycles. The second kappa shape index (κ2) is 12.0. The predicted molar refractivity (Wildman–Crippen MR) is 156 cm³/mol. The molecule has 13 heteroatoms. The van der Waals surface area contributed by atoms with Crippen molar-refractivity contribution < 1.29 is 28.3 Å². The quantitative estimate of drug-likeness (QED) is 0.359. The summed E-state index contributed by atoms with van der Waals surface area (Å²) in [4.78, 5) is 28.1. The van der Waals surface area contributed by atoms with Crippen LogP contribution in [0.3, 0.4) is 0 Å². The molecule has 2 amide bonds. The van der Waals surface area contributed by atoms with Gasteiger partial charge in [0.1, 0.15) is 34.2 Å². The molecule has 3 aliphatic heterocycles. The van der Waals surface area contributed by atoms with E-state index >= 15 is 0 Å². The fourth-order valence-electron chi connectivity index (χ4n) is 5.27. The van der Waals surface area contributed by atoms with Gasteiger partial charge < -0.3 is 29.4 Å². The zero-order valence-electron chi connectivity index (χ0n) is 23.9. The number of ether oxygens (including phenoxy) is 3. The van der Waals surface area contributed by atoms with E-state index in [-0.39, 0.29) is 30.6 Å². The third-order valence-electron chi connectivity index (χ3n) is 7.46. The molecule has 2 aromatic carbocycles. The molecular weight excluding hydrogens is 576 g/mol. The van der Waals surface area contributed by atoms with Gasteiger partial charge in [0.15, 0.2) is 18.1 Å². The molecule has 7 rings (SSSR count). The number of methoxy groups -OCH3 is 1. The van der Waals surface area contributed by atoms with Gasteiger partial charge in [0.05, 0.1) is 13.2 Å². The van der Waals surface area contributed by atoms with Crippen LogP contribution in [0.15, 0.2) is 53.1 Å². The van der Waals surface area contributed by atoms with E-state index in [0.29, 0.717) is 71.3 Å². The lowest BCUT2D eigenvalue weighted by molar-refractivity contribution is -0.123. The summed E-state index contributed by atoms with van der Waals surface area (Å²) in [5.41, 5.74) is 3.32. The fourth-order valence-corrected chi connectivity index (χ4v) is 5.46. The molecule has 1 fully saturated rings. The molecule has 5 heterocycles. The number of aryl methyl sites for hydroxylation is 2. The van der Waals surface area contributed by atoms with Crippen molar-refractivity contribution in [2.24, 2.45) is 7.05 Å². The van der Waals surface area contributed by atoms with Crippen LogP contribution < -0.4 is 24.8 Å². The normalized spacial score (nSPS) is 19.2. The second-order valence-electron chi connectivity index (χ2n) is 10.6. The Labute approximate surface area is 252 Å². The van der Waals surface area contributed by atoms with E-state index in [9.17, 15) is 9.59 Å². The Bertz CT molecular complexity index is 1650.